The van der Waals surface area contributed by atoms with Crippen LogP contribution in [0.5, 0.6) is 11.5 Å². The molecule has 3 rings (SSSR count). The van der Waals surface area contributed by atoms with Crippen molar-refractivity contribution in [2.45, 2.75) is 39.5 Å². The number of carbonyl (C=O) groups is 3. The smallest absolute Gasteiger partial charge is 0.336 e. The van der Waals surface area contributed by atoms with Gasteiger partial charge in [0.15, 0.2) is 11.5 Å². The van der Waals surface area contributed by atoms with E-state index >= 15 is 0 Å². The van der Waals surface area contributed by atoms with Crippen LogP contribution < -0.4 is 14.8 Å². The van der Waals surface area contributed by atoms with Crippen LogP contribution in [0.3, 0.4) is 0 Å². The summed E-state index contributed by atoms with van der Waals surface area (Å²) < 4.78 is 15.9. The van der Waals surface area contributed by atoms with Crippen LogP contribution in [0.1, 0.15) is 42.9 Å². The van der Waals surface area contributed by atoms with Crippen molar-refractivity contribution in [2.24, 2.45) is 0 Å². The van der Waals surface area contributed by atoms with Gasteiger partial charge >= 0.3 is 5.97 Å². The minimum Gasteiger partial charge on any atom is -0.493 e. The van der Waals surface area contributed by atoms with E-state index in [9.17, 15) is 14.4 Å². The Balaban J connectivity index is 1.72. The SMILES string of the molecule is CCOC(=O)C1=C(C)N(CC(=O)NCCc2ccc(OC)c(OC)c2)C(=O)CC1c1cccc(C)c1. The summed E-state index contributed by atoms with van der Waals surface area (Å²) in [6, 6.07) is 13.3. The van der Waals surface area contributed by atoms with E-state index in [1.807, 2.05) is 49.4 Å². The molecule has 8 nitrogen and oxygen atoms in total. The molecule has 192 valence electrons. The van der Waals surface area contributed by atoms with Gasteiger partial charge in [-0.2, -0.15) is 0 Å². The molecular formula is C28H34N2O6. The van der Waals surface area contributed by atoms with Crippen LogP contribution in [0.25, 0.3) is 0 Å². The number of hydrogen-bond acceptors (Lipinski definition) is 6. The van der Waals surface area contributed by atoms with Crippen LogP contribution in [0.15, 0.2) is 53.7 Å². The van der Waals surface area contributed by atoms with Crippen molar-refractivity contribution < 1.29 is 28.6 Å². The van der Waals surface area contributed by atoms with Gasteiger partial charge in [0, 0.05) is 24.6 Å². The number of nitrogens with zero attached hydrogens (tertiary/aromatic N) is 1. The molecule has 1 unspecified atom stereocenters. The number of hydrogen-bond donors (Lipinski definition) is 1. The Morgan fingerprint density at radius 2 is 1.81 bits per heavy atom. The average molecular weight is 495 g/mol. The third-order valence-electron chi connectivity index (χ3n) is 6.25. The summed E-state index contributed by atoms with van der Waals surface area (Å²) in [5.74, 6) is -0.135. The summed E-state index contributed by atoms with van der Waals surface area (Å²) >= 11 is 0. The lowest BCUT2D eigenvalue weighted by atomic mass is 9.83. The Hall–Kier alpha value is -3.81. The Labute approximate surface area is 212 Å². The molecule has 1 atom stereocenters. The molecule has 0 spiro atoms. The van der Waals surface area contributed by atoms with Gasteiger partial charge in [-0.25, -0.2) is 4.79 Å². The zero-order valence-corrected chi connectivity index (χ0v) is 21.6. The minimum absolute atomic E-state index is 0.0911. The van der Waals surface area contributed by atoms with E-state index < -0.39 is 11.9 Å². The monoisotopic (exact) mass is 494 g/mol. The molecule has 2 amide bonds. The number of allylic oxidation sites excluding steroid dienone is 1. The van der Waals surface area contributed by atoms with Crippen LogP contribution in [0, 0.1) is 6.92 Å². The second-order valence-electron chi connectivity index (χ2n) is 8.66. The number of carbonyl (C=O) groups excluding carboxylic acids is 3. The molecule has 0 fully saturated rings. The van der Waals surface area contributed by atoms with E-state index in [1.165, 1.54) is 4.90 Å². The lowest BCUT2D eigenvalue weighted by Gasteiger charge is -2.34. The van der Waals surface area contributed by atoms with E-state index in [4.69, 9.17) is 14.2 Å². The van der Waals surface area contributed by atoms with Gasteiger partial charge in [-0.05, 0) is 50.5 Å². The molecule has 1 N–H and O–H groups in total. The highest BCUT2D eigenvalue weighted by atomic mass is 16.5. The highest BCUT2D eigenvalue weighted by Crippen LogP contribution is 2.37. The van der Waals surface area contributed by atoms with Crippen LogP contribution in [-0.2, 0) is 25.5 Å². The molecule has 36 heavy (non-hydrogen) atoms. The highest BCUT2D eigenvalue weighted by molar-refractivity contribution is 5.97. The third kappa shape index (κ3) is 6.24. The summed E-state index contributed by atoms with van der Waals surface area (Å²) in [4.78, 5) is 40.1. The summed E-state index contributed by atoms with van der Waals surface area (Å²) in [7, 11) is 3.15. The Morgan fingerprint density at radius 1 is 1.06 bits per heavy atom. The van der Waals surface area contributed by atoms with Crippen molar-refractivity contribution in [1.29, 1.82) is 0 Å². The van der Waals surface area contributed by atoms with Gasteiger partial charge in [0.05, 0.1) is 26.4 Å². The van der Waals surface area contributed by atoms with E-state index in [0.717, 1.165) is 16.7 Å². The number of amides is 2. The maximum atomic E-state index is 13.1. The largest absolute Gasteiger partial charge is 0.493 e. The van der Waals surface area contributed by atoms with Crippen molar-refractivity contribution >= 4 is 17.8 Å². The zero-order valence-electron chi connectivity index (χ0n) is 21.6. The summed E-state index contributed by atoms with van der Waals surface area (Å²) in [5, 5.41) is 2.86. The second-order valence-corrected chi connectivity index (χ2v) is 8.66. The van der Waals surface area contributed by atoms with Crippen LogP contribution in [0.2, 0.25) is 0 Å². The first-order valence-electron chi connectivity index (χ1n) is 12.0. The molecule has 0 saturated carbocycles. The van der Waals surface area contributed by atoms with Crippen molar-refractivity contribution in [1.82, 2.24) is 10.2 Å². The van der Waals surface area contributed by atoms with Crippen LogP contribution >= 0.6 is 0 Å². The van der Waals surface area contributed by atoms with Crippen LogP contribution in [-0.4, -0.2) is 56.6 Å². The lowest BCUT2D eigenvalue weighted by Crippen LogP contribution is -2.44. The quantitative estimate of drug-likeness (QED) is 0.508. The van der Waals surface area contributed by atoms with Gasteiger partial charge in [0.1, 0.15) is 6.54 Å². The number of benzene rings is 2. The number of aryl methyl sites for hydroxylation is 1. The first-order valence-corrected chi connectivity index (χ1v) is 12.0. The molecule has 0 aromatic heterocycles. The van der Waals surface area contributed by atoms with Gasteiger partial charge in [0.25, 0.3) is 0 Å². The second kappa shape index (κ2) is 12.2. The molecule has 2 aromatic carbocycles. The van der Waals surface area contributed by atoms with Crippen LogP contribution in [0.4, 0.5) is 0 Å². The molecule has 1 aliphatic heterocycles. The van der Waals surface area contributed by atoms with Crippen molar-refractivity contribution in [3.63, 3.8) is 0 Å². The van der Waals surface area contributed by atoms with Gasteiger partial charge < -0.3 is 24.4 Å². The van der Waals surface area contributed by atoms with Crippen molar-refractivity contribution in [2.75, 3.05) is 33.9 Å². The van der Waals surface area contributed by atoms with E-state index in [1.54, 1.807) is 28.1 Å². The molecule has 1 aliphatic rings. The minimum atomic E-state index is -0.465. The summed E-state index contributed by atoms with van der Waals surface area (Å²) in [5.41, 5.74) is 3.76. The standard InChI is InChI=1S/C28H34N2O6/c1-6-36-28(33)27-19(3)30(26(32)16-22(27)21-9-7-8-18(2)14-21)17-25(31)29-13-12-20-10-11-23(34-4)24(15-20)35-5/h7-11,14-15,22H,6,12-13,16-17H2,1-5H3,(H,29,31). The fourth-order valence-corrected chi connectivity index (χ4v) is 4.43. The molecule has 0 radical (unpaired) electrons. The Kier molecular flexibility index (Phi) is 9.11. The molecule has 0 aliphatic carbocycles. The zero-order chi connectivity index (χ0) is 26.2. The summed E-state index contributed by atoms with van der Waals surface area (Å²) in [6.07, 6.45) is 0.673. The highest BCUT2D eigenvalue weighted by Gasteiger charge is 2.37. The van der Waals surface area contributed by atoms with Gasteiger partial charge in [-0.1, -0.05) is 35.9 Å². The number of esters is 1. The average Bonchev–Trinajstić information content (AvgIpc) is 2.86. The molecule has 2 aromatic rings. The van der Waals surface area contributed by atoms with Gasteiger partial charge in [0.2, 0.25) is 11.8 Å². The lowest BCUT2D eigenvalue weighted by molar-refractivity contribution is -0.141. The number of nitrogens with one attached hydrogen (secondary N) is 1. The topological polar surface area (TPSA) is 94.2 Å². The first-order chi connectivity index (χ1) is 17.3. The number of rotatable bonds is 10. The fourth-order valence-electron chi connectivity index (χ4n) is 4.43. The summed E-state index contributed by atoms with van der Waals surface area (Å²) in [6.45, 7) is 5.85. The maximum Gasteiger partial charge on any atom is 0.336 e. The molecular weight excluding hydrogens is 460 g/mol. The van der Waals surface area contributed by atoms with Gasteiger partial charge in [-0.15, -0.1) is 0 Å². The first kappa shape index (κ1) is 26.8. The van der Waals surface area contributed by atoms with Crippen molar-refractivity contribution in [3.8, 4) is 11.5 Å². The molecule has 0 bridgehead atoms. The normalized spacial score (nSPS) is 15.5. The van der Waals surface area contributed by atoms with Gasteiger partial charge in [-0.3, -0.25) is 9.59 Å². The Morgan fingerprint density at radius 3 is 2.47 bits per heavy atom. The van der Waals surface area contributed by atoms with E-state index in [-0.39, 0.29) is 31.4 Å². The van der Waals surface area contributed by atoms with E-state index in [0.29, 0.717) is 35.7 Å². The number of ether oxygens (including phenoxy) is 3. The Bertz CT molecular complexity index is 1160. The van der Waals surface area contributed by atoms with Crippen molar-refractivity contribution in [3.05, 3.63) is 70.4 Å². The molecule has 8 heteroatoms. The predicted octanol–water partition coefficient (Wildman–Crippen LogP) is 3.52. The van der Waals surface area contributed by atoms with E-state index in [2.05, 4.69) is 5.32 Å². The molecule has 0 saturated heterocycles. The third-order valence-corrected chi connectivity index (χ3v) is 6.25. The fraction of sp³-hybridized carbons (Fsp3) is 0.393. The maximum absolute atomic E-state index is 13.1. The number of methoxy groups -OCH3 is 2. The predicted molar refractivity (Wildman–Crippen MR) is 136 cm³/mol. The molecule has 1 heterocycles.